The second-order valence-corrected chi connectivity index (χ2v) is 6.91. The summed E-state index contributed by atoms with van der Waals surface area (Å²) < 4.78 is 6.12. The highest BCUT2D eigenvalue weighted by molar-refractivity contribution is 9.10. The molecule has 1 saturated heterocycles. The van der Waals surface area contributed by atoms with E-state index in [9.17, 15) is 4.79 Å². The van der Waals surface area contributed by atoms with Crippen molar-refractivity contribution in [1.82, 2.24) is 10.6 Å². The van der Waals surface area contributed by atoms with Gasteiger partial charge in [-0.25, -0.2) is 0 Å². The Morgan fingerprint density at radius 1 is 1.45 bits per heavy atom. The summed E-state index contributed by atoms with van der Waals surface area (Å²) in [6, 6.07) is 5.89. The zero-order valence-electron chi connectivity index (χ0n) is 12.7. The van der Waals surface area contributed by atoms with Gasteiger partial charge in [0, 0.05) is 12.5 Å². The summed E-state index contributed by atoms with van der Waals surface area (Å²) in [6.45, 7) is 2.68. The fourth-order valence-electron chi connectivity index (χ4n) is 3.33. The van der Waals surface area contributed by atoms with Crippen LogP contribution < -0.4 is 15.4 Å². The van der Waals surface area contributed by atoms with E-state index in [0.717, 1.165) is 48.1 Å². The molecular weight excluding hydrogens is 368 g/mol. The molecule has 1 amide bonds. The van der Waals surface area contributed by atoms with Crippen molar-refractivity contribution in [3.8, 4) is 5.75 Å². The molecule has 1 atom stereocenters. The van der Waals surface area contributed by atoms with Gasteiger partial charge in [0.1, 0.15) is 5.75 Å². The highest BCUT2D eigenvalue weighted by atomic mass is 79.9. The third-order valence-electron chi connectivity index (χ3n) is 4.79. The molecule has 2 N–H and O–H groups in total. The van der Waals surface area contributed by atoms with Gasteiger partial charge in [-0.15, -0.1) is 12.4 Å². The Labute approximate surface area is 145 Å². The molecule has 6 heteroatoms. The Bertz CT molecular complexity index is 547. The third kappa shape index (κ3) is 3.58. The number of ether oxygens (including phenoxy) is 1. The van der Waals surface area contributed by atoms with Gasteiger partial charge in [0.15, 0.2) is 0 Å². The van der Waals surface area contributed by atoms with Crippen molar-refractivity contribution in [2.75, 3.05) is 20.2 Å². The standard InChI is InChI=1S/C16H21BrN2O2.ClH/c1-21-14-3-2-11(8-13(14)17)10-19-15(20)12-9-16(12)4-6-18-7-5-16;/h2-3,8,12,18H,4-7,9-10H2,1H3,(H,19,20);1H. The fraction of sp³-hybridized carbons (Fsp3) is 0.562. The number of piperidine rings is 1. The van der Waals surface area contributed by atoms with Crippen molar-refractivity contribution in [3.05, 3.63) is 28.2 Å². The summed E-state index contributed by atoms with van der Waals surface area (Å²) in [4.78, 5) is 12.3. The quantitative estimate of drug-likeness (QED) is 0.832. The van der Waals surface area contributed by atoms with E-state index in [1.165, 1.54) is 0 Å². The van der Waals surface area contributed by atoms with Crippen LogP contribution in [0.15, 0.2) is 22.7 Å². The maximum Gasteiger partial charge on any atom is 0.223 e. The predicted octanol–water partition coefficient (Wildman–Crippen LogP) is 2.89. The molecule has 1 aliphatic carbocycles. The molecule has 1 saturated carbocycles. The average Bonchev–Trinajstić information content (AvgIpc) is 3.19. The van der Waals surface area contributed by atoms with E-state index in [1.807, 2.05) is 18.2 Å². The SMILES string of the molecule is COc1ccc(CNC(=O)C2CC23CCNCC3)cc1Br.Cl. The minimum atomic E-state index is 0. The molecule has 1 aliphatic heterocycles. The molecule has 1 aromatic carbocycles. The normalized spacial score (nSPS) is 21.8. The van der Waals surface area contributed by atoms with E-state index in [4.69, 9.17) is 4.74 Å². The average molecular weight is 390 g/mol. The van der Waals surface area contributed by atoms with E-state index in [-0.39, 0.29) is 24.2 Å². The van der Waals surface area contributed by atoms with Gasteiger partial charge in [0.25, 0.3) is 0 Å². The topological polar surface area (TPSA) is 50.4 Å². The van der Waals surface area contributed by atoms with Crippen molar-refractivity contribution >= 4 is 34.2 Å². The minimum Gasteiger partial charge on any atom is -0.496 e. The van der Waals surface area contributed by atoms with Crippen molar-refractivity contribution in [1.29, 1.82) is 0 Å². The first-order valence-electron chi connectivity index (χ1n) is 7.45. The number of amides is 1. The molecule has 3 rings (SSSR count). The van der Waals surface area contributed by atoms with Crippen LogP contribution in [0.25, 0.3) is 0 Å². The van der Waals surface area contributed by atoms with E-state index in [1.54, 1.807) is 7.11 Å². The number of hydrogen-bond donors (Lipinski definition) is 2. The first kappa shape index (κ1) is 17.6. The smallest absolute Gasteiger partial charge is 0.223 e. The van der Waals surface area contributed by atoms with Crippen LogP contribution >= 0.6 is 28.3 Å². The molecule has 2 aliphatic rings. The Kier molecular flexibility index (Phi) is 5.75. The van der Waals surface area contributed by atoms with Crippen molar-refractivity contribution < 1.29 is 9.53 Å². The van der Waals surface area contributed by atoms with Crippen molar-refractivity contribution in [2.45, 2.75) is 25.8 Å². The molecule has 22 heavy (non-hydrogen) atoms. The van der Waals surface area contributed by atoms with Crippen LogP contribution in [0, 0.1) is 11.3 Å². The van der Waals surface area contributed by atoms with Gasteiger partial charge in [-0.2, -0.15) is 0 Å². The lowest BCUT2D eigenvalue weighted by molar-refractivity contribution is -0.123. The molecule has 4 nitrogen and oxygen atoms in total. The predicted molar refractivity (Wildman–Crippen MR) is 92.4 cm³/mol. The first-order valence-corrected chi connectivity index (χ1v) is 8.25. The molecule has 1 unspecified atom stereocenters. The summed E-state index contributed by atoms with van der Waals surface area (Å²) in [5.74, 6) is 1.24. The van der Waals surface area contributed by atoms with Crippen LogP contribution in [-0.2, 0) is 11.3 Å². The van der Waals surface area contributed by atoms with Crippen LogP contribution in [0.3, 0.4) is 0 Å². The Morgan fingerprint density at radius 3 is 2.82 bits per heavy atom. The Morgan fingerprint density at radius 2 is 2.18 bits per heavy atom. The molecule has 0 bridgehead atoms. The molecule has 1 aromatic rings. The van der Waals surface area contributed by atoms with E-state index < -0.39 is 0 Å². The maximum absolute atomic E-state index is 12.3. The number of carbonyl (C=O) groups excluding carboxylic acids is 1. The second-order valence-electron chi connectivity index (χ2n) is 6.06. The summed E-state index contributed by atoms with van der Waals surface area (Å²) in [7, 11) is 1.65. The summed E-state index contributed by atoms with van der Waals surface area (Å²) in [6.07, 6.45) is 3.34. The van der Waals surface area contributed by atoms with Crippen LogP contribution in [0.2, 0.25) is 0 Å². The van der Waals surface area contributed by atoms with Crippen molar-refractivity contribution in [2.24, 2.45) is 11.3 Å². The molecule has 0 aromatic heterocycles. The zero-order valence-corrected chi connectivity index (χ0v) is 15.1. The number of nitrogens with one attached hydrogen (secondary N) is 2. The Balaban J connectivity index is 0.00000176. The van der Waals surface area contributed by atoms with Crippen LogP contribution in [0.1, 0.15) is 24.8 Å². The lowest BCUT2D eigenvalue weighted by atomic mass is 9.92. The van der Waals surface area contributed by atoms with Crippen LogP contribution in [-0.4, -0.2) is 26.1 Å². The third-order valence-corrected chi connectivity index (χ3v) is 5.41. The highest BCUT2D eigenvalue weighted by Gasteiger charge is 2.57. The van der Waals surface area contributed by atoms with Gasteiger partial charge >= 0.3 is 0 Å². The molecule has 0 radical (unpaired) electrons. The van der Waals surface area contributed by atoms with Gasteiger partial charge in [-0.1, -0.05) is 6.07 Å². The van der Waals surface area contributed by atoms with Gasteiger partial charge in [-0.05, 0) is 71.4 Å². The van der Waals surface area contributed by atoms with E-state index >= 15 is 0 Å². The number of methoxy groups -OCH3 is 1. The molecule has 1 spiro atoms. The molecule has 2 fully saturated rings. The first-order chi connectivity index (χ1) is 10.1. The number of halogens is 2. The second kappa shape index (κ2) is 7.20. The number of rotatable bonds is 4. The lowest BCUT2D eigenvalue weighted by Crippen LogP contribution is -2.33. The summed E-state index contributed by atoms with van der Waals surface area (Å²) in [5, 5.41) is 6.44. The summed E-state index contributed by atoms with van der Waals surface area (Å²) in [5.41, 5.74) is 1.38. The fourth-order valence-corrected chi connectivity index (χ4v) is 3.92. The van der Waals surface area contributed by atoms with Gasteiger partial charge in [-0.3, -0.25) is 4.79 Å². The molecule has 1 heterocycles. The number of hydrogen-bond acceptors (Lipinski definition) is 3. The number of benzene rings is 1. The lowest BCUT2D eigenvalue weighted by Gasteiger charge is -2.23. The largest absolute Gasteiger partial charge is 0.496 e. The van der Waals surface area contributed by atoms with Crippen LogP contribution in [0.4, 0.5) is 0 Å². The minimum absolute atomic E-state index is 0. The van der Waals surface area contributed by atoms with Gasteiger partial charge < -0.3 is 15.4 Å². The number of carbonyl (C=O) groups is 1. The van der Waals surface area contributed by atoms with E-state index in [0.29, 0.717) is 12.0 Å². The van der Waals surface area contributed by atoms with Crippen LogP contribution in [0.5, 0.6) is 5.75 Å². The molecular formula is C16H22BrClN2O2. The van der Waals surface area contributed by atoms with E-state index in [2.05, 4.69) is 26.6 Å². The Hall–Kier alpha value is -0.780. The monoisotopic (exact) mass is 388 g/mol. The van der Waals surface area contributed by atoms with Gasteiger partial charge in [0.2, 0.25) is 5.91 Å². The maximum atomic E-state index is 12.3. The summed E-state index contributed by atoms with van der Waals surface area (Å²) >= 11 is 3.47. The van der Waals surface area contributed by atoms with Crippen molar-refractivity contribution in [3.63, 3.8) is 0 Å². The highest BCUT2D eigenvalue weighted by Crippen LogP contribution is 2.58. The zero-order chi connectivity index (χ0) is 14.9. The van der Waals surface area contributed by atoms with Gasteiger partial charge in [0.05, 0.1) is 11.6 Å². The molecule has 122 valence electrons.